The van der Waals surface area contributed by atoms with Crippen LogP contribution < -0.4 is 11.4 Å². The maximum Gasteiger partial charge on any atom is 0.352 e. The minimum atomic E-state index is -0.137. The van der Waals surface area contributed by atoms with Crippen molar-refractivity contribution in [2.45, 2.75) is 19.0 Å². The molecule has 0 radical (unpaired) electrons. The first kappa shape index (κ1) is 10.6. The van der Waals surface area contributed by atoms with Gasteiger partial charge in [0.1, 0.15) is 0 Å². The van der Waals surface area contributed by atoms with Crippen molar-refractivity contribution in [3.05, 3.63) is 51.3 Å². The SMILES string of the molecule is C[C@@]12[C@H]3[C@@H]4[C@@H]5[C@H]4[C@@H]1n1c(=O)n(-c4ccccc4)c(=O)n1[C@@H]5[C@@H]32. The highest BCUT2D eigenvalue weighted by molar-refractivity contribution is 5.42. The molecule has 0 N–H and O–H groups in total. The second-order valence-corrected chi connectivity index (χ2v) is 8.01. The molecule has 22 heavy (non-hydrogen) atoms. The predicted octanol–water partition coefficient (Wildman–Crippen LogP) is 1.04. The number of aromatic nitrogens is 3. The van der Waals surface area contributed by atoms with E-state index in [1.165, 1.54) is 4.57 Å². The van der Waals surface area contributed by atoms with E-state index in [1.807, 2.05) is 39.7 Å². The first-order chi connectivity index (χ1) is 10.7. The zero-order valence-electron chi connectivity index (χ0n) is 12.1. The fourth-order valence-corrected chi connectivity index (χ4v) is 7.16. The highest BCUT2D eigenvalue weighted by Crippen LogP contribution is 2.96. The van der Waals surface area contributed by atoms with Crippen molar-refractivity contribution >= 4 is 0 Å². The molecule has 0 unspecified atom stereocenters. The van der Waals surface area contributed by atoms with Gasteiger partial charge in [-0.3, -0.25) is 0 Å². The van der Waals surface area contributed by atoms with E-state index in [4.69, 9.17) is 0 Å². The molecule has 110 valence electrons. The van der Waals surface area contributed by atoms with Crippen LogP contribution in [0.25, 0.3) is 5.69 Å². The molecule has 4 aliphatic carbocycles. The third-order valence-electron chi connectivity index (χ3n) is 7.65. The molecule has 4 saturated carbocycles. The maximum absolute atomic E-state index is 13.0. The van der Waals surface area contributed by atoms with Gasteiger partial charge in [-0.05, 0) is 47.1 Å². The Morgan fingerprint density at radius 3 is 2.32 bits per heavy atom. The van der Waals surface area contributed by atoms with Crippen LogP contribution in [0.15, 0.2) is 39.9 Å². The van der Waals surface area contributed by atoms with Crippen molar-refractivity contribution in [1.29, 1.82) is 0 Å². The normalized spacial score (nSPS) is 50.1. The third-order valence-corrected chi connectivity index (χ3v) is 7.65. The first-order valence-corrected chi connectivity index (χ1v) is 8.19. The van der Waals surface area contributed by atoms with E-state index < -0.39 is 0 Å². The quantitative estimate of drug-likeness (QED) is 0.789. The summed E-state index contributed by atoms with van der Waals surface area (Å²) in [5, 5.41) is 0. The molecule has 8 rings (SSSR count). The summed E-state index contributed by atoms with van der Waals surface area (Å²) in [6.07, 6.45) is 0. The van der Waals surface area contributed by atoms with Gasteiger partial charge in [0.25, 0.3) is 0 Å². The Balaban J connectivity index is 1.59. The molecule has 5 heteroatoms. The highest BCUT2D eigenvalue weighted by Gasteiger charge is 2.95. The maximum atomic E-state index is 13.0. The van der Waals surface area contributed by atoms with Crippen molar-refractivity contribution in [2.24, 2.45) is 35.0 Å². The summed E-state index contributed by atoms with van der Waals surface area (Å²) in [7, 11) is 0. The molecule has 0 saturated heterocycles. The van der Waals surface area contributed by atoms with Crippen LogP contribution in [0.3, 0.4) is 0 Å². The third kappa shape index (κ3) is 0.733. The van der Waals surface area contributed by atoms with E-state index >= 15 is 0 Å². The lowest BCUT2D eigenvalue weighted by Crippen LogP contribution is -2.48. The second-order valence-electron chi connectivity index (χ2n) is 8.01. The average molecular weight is 293 g/mol. The summed E-state index contributed by atoms with van der Waals surface area (Å²) in [5.74, 6) is 3.61. The fraction of sp³-hybridized carbons (Fsp3) is 0.529. The standard InChI is InChI=1S/C17H15N3O2/c1-17-11-8-9-10(8)14(17)20-16(22)18(7-5-3-2-4-6-7)15(21)19(20)13(9)12(11)17/h2-6,8-14H,1H3/t8-,9-,10+,11+,12-,13+,14+,17+/m1/s1. The number of hydrogen-bond acceptors (Lipinski definition) is 2. The number of benzene rings is 1. The predicted molar refractivity (Wildman–Crippen MR) is 77.9 cm³/mol. The molecule has 2 bridgehead atoms. The van der Waals surface area contributed by atoms with Gasteiger partial charge < -0.3 is 0 Å². The average Bonchev–Trinajstić information content (AvgIpc) is 3.26. The van der Waals surface area contributed by atoms with Gasteiger partial charge in [0.2, 0.25) is 0 Å². The summed E-state index contributed by atoms with van der Waals surface area (Å²) >= 11 is 0. The second kappa shape index (κ2) is 2.66. The molecule has 4 fully saturated rings. The van der Waals surface area contributed by atoms with Gasteiger partial charge in [-0.25, -0.2) is 23.5 Å². The van der Waals surface area contributed by atoms with Gasteiger partial charge in [0, 0.05) is 0 Å². The zero-order valence-corrected chi connectivity index (χ0v) is 12.1. The fourth-order valence-electron chi connectivity index (χ4n) is 7.16. The van der Waals surface area contributed by atoms with Crippen LogP contribution in [-0.2, 0) is 0 Å². The van der Waals surface area contributed by atoms with Crippen LogP contribution in [0.2, 0.25) is 0 Å². The number of nitrogens with zero attached hydrogens (tertiary/aromatic N) is 3. The molecule has 1 aromatic heterocycles. The molecule has 0 spiro atoms. The van der Waals surface area contributed by atoms with Crippen molar-refractivity contribution in [1.82, 2.24) is 13.9 Å². The largest absolute Gasteiger partial charge is 0.352 e. The van der Waals surface area contributed by atoms with Gasteiger partial charge in [-0.1, -0.05) is 25.1 Å². The van der Waals surface area contributed by atoms with Crippen molar-refractivity contribution in [2.75, 3.05) is 0 Å². The van der Waals surface area contributed by atoms with E-state index in [1.54, 1.807) is 0 Å². The van der Waals surface area contributed by atoms with Gasteiger partial charge in [0.05, 0.1) is 17.8 Å². The van der Waals surface area contributed by atoms with E-state index in [0.29, 0.717) is 34.9 Å². The molecule has 6 aliphatic rings. The van der Waals surface area contributed by atoms with Crippen LogP contribution in [0.1, 0.15) is 19.0 Å². The van der Waals surface area contributed by atoms with Gasteiger partial charge in [-0.2, -0.15) is 0 Å². The highest BCUT2D eigenvalue weighted by atomic mass is 16.2. The lowest BCUT2D eigenvalue weighted by atomic mass is 9.80. The molecule has 1 aromatic carbocycles. The van der Waals surface area contributed by atoms with E-state index in [9.17, 15) is 9.59 Å². The summed E-state index contributed by atoms with van der Waals surface area (Å²) < 4.78 is 5.04. The zero-order chi connectivity index (χ0) is 14.5. The van der Waals surface area contributed by atoms with Crippen LogP contribution in [0.5, 0.6) is 0 Å². The van der Waals surface area contributed by atoms with Crippen LogP contribution in [0.4, 0.5) is 0 Å². The summed E-state index contributed by atoms with van der Waals surface area (Å²) in [6, 6.07) is 9.89. The van der Waals surface area contributed by atoms with Crippen LogP contribution in [0, 0.1) is 35.0 Å². The van der Waals surface area contributed by atoms with E-state index in [-0.39, 0.29) is 17.4 Å². The Kier molecular flexibility index (Phi) is 1.29. The van der Waals surface area contributed by atoms with Gasteiger partial charge >= 0.3 is 11.4 Å². The Morgan fingerprint density at radius 1 is 0.909 bits per heavy atom. The van der Waals surface area contributed by atoms with E-state index in [0.717, 1.165) is 11.8 Å². The number of para-hydroxylation sites is 1. The first-order valence-electron chi connectivity index (χ1n) is 8.19. The molecule has 3 heterocycles. The molecule has 5 nitrogen and oxygen atoms in total. The minimum Gasteiger partial charge on any atom is -0.245 e. The summed E-state index contributed by atoms with van der Waals surface area (Å²) in [5.41, 5.74) is 0.715. The summed E-state index contributed by atoms with van der Waals surface area (Å²) in [6.45, 7) is 2.35. The molecule has 2 aliphatic heterocycles. The van der Waals surface area contributed by atoms with Gasteiger partial charge in [-0.15, -0.1) is 0 Å². The Hall–Kier alpha value is -2.04. The van der Waals surface area contributed by atoms with Crippen LogP contribution >= 0.6 is 0 Å². The molecule has 2 aromatic rings. The van der Waals surface area contributed by atoms with Crippen molar-refractivity contribution in [3.63, 3.8) is 0 Å². The monoisotopic (exact) mass is 293 g/mol. The molecular weight excluding hydrogens is 278 g/mol. The number of hydrogen-bond donors (Lipinski definition) is 0. The van der Waals surface area contributed by atoms with E-state index in [2.05, 4.69) is 6.92 Å². The lowest BCUT2D eigenvalue weighted by Gasteiger charge is -2.41. The topological polar surface area (TPSA) is 48.9 Å². The molecule has 0 amide bonds. The Labute approximate surface area is 125 Å². The van der Waals surface area contributed by atoms with Crippen LogP contribution in [-0.4, -0.2) is 13.9 Å². The van der Waals surface area contributed by atoms with Gasteiger partial charge in [0.15, 0.2) is 0 Å². The Bertz CT molecular complexity index is 999. The molecule has 8 atom stereocenters. The Morgan fingerprint density at radius 2 is 1.64 bits per heavy atom. The lowest BCUT2D eigenvalue weighted by molar-refractivity contribution is 0.0636. The smallest absolute Gasteiger partial charge is 0.245 e. The number of rotatable bonds is 1. The van der Waals surface area contributed by atoms with Crippen molar-refractivity contribution < 1.29 is 0 Å². The summed E-state index contributed by atoms with van der Waals surface area (Å²) in [4.78, 5) is 26.0. The minimum absolute atomic E-state index is 0.134. The molecular formula is C17H15N3O2. The van der Waals surface area contributed by atoms with Crippen molar-refractivity contribution in [3.8, 4) is 5.69 Å².